The molecule has 11 heteroatoms. The minimum Gasteiger partial charge on any atom is -0.497 e. The predicted octanol–water partition coefficient (Wildman–Crippen LogP) is 5.31. The molecule has 43 heavy (non-hydrogen) atoms. The molecule has 3 aromatic rings. The van der Waals surface area contributed by atoms with Crippen molar-refractivity contribution in [2.24, 2.45) is 0 Å². The maximum atomic E-state index is 14.2. The Labute approximate surface area is 246 Å². The second-order valence-corrected chi connectivity index (χ2v) is 10.1. The van der Waals surface area contributed by atoms with Crippen LogP contribution in [0.5, 0.6) is 5.75 Å². The summed E-state index contributed by atoms with van der Waals surface area (Å²) in [6, 6.07) is 17.5. The van der Waals surface area contributed by atoms with Crippen molar-refractivity contribution in [2.45, 2.75) is 24.7 Å². The molecule has 2 aliphatic rings. The standard InChI is InChI=1S/C32H29F3N4O4/c1-3-17-38-26-19-39(30(41)27(26)28(37-31(38)42)23-11-7-8-12-24(23)32(33,34)35)25(18-20-9-5-4-6-10-20)29(40)36-21-13-15-22(43-2)16-14-21/h3-16,25,28H,1,17-19H2,2H3,(H,36,40)(H,37,42)/t25-,28-/m0/s1. The molecule has 0 saturated heterocycles. The van der Waals surface area contributed by atoms with Crippen LogP contribution in [0.4, 0.5) is 23.7 Å². The Morgan fingerprint density at radius 1 is 1.07 bits per heavy atom. The fourth-order valence-corrected chi connectivity index (χ4v) is 5.41. The fraction of sp³-hybridized carbons (Fsp3) is 0.219. The summed E-state index contributed by atoms with van der Waals surface area (Å²) in [7, 11) is 1.52. The van der Waals surface area contributed by atoms with Gasteiger partial charge in [-0.25, -0.2) is 4.79 Å². The van der Waals surface area contributed by atoms with Crippen LogP contribution in [0.15, 0.2) is 103 Å². The number of nitrogens with one attached hydrogen (secondary N) is 2. The molecular weight excluding hydrogens is 561 g/mol. The molecule has 0 radical (unpaired) electrons. The highest BCUT2D eigenvalue weighted by Crippen LogP contribution is 2.42. The number of carbonyl (C=O) groups excluding carboxylic acids is 3. The summed E-state index contributed by atoms with van der Waals surface area (Å²) in [6.07, 6.45) is -3.14. The summed E-state index contributed by atoms with van der Waals surface area (Å²) in [5.41, 5.74) is 0.223. The minimum absolute atomic E-state index is 0.0147. The first-order valence-electron chi connectivity index (χ1n) is 13.5. The van der Waals surface area contributed by atoms with Gasteiger partial charge in [0.1, 0.15) is 11.8 Å². The van der Waals surface area contributed by atoms with E-state index in [2.05, 4.69) is 17.2 Å². The number of carbonyl (C=O) groups is 3. The van der Waals surface area contributed by atoms with Crippen LogP contribution < -0.4 is 15.4 Å². The van der Waals surface area contributed by atoms with Gasteiger partial charge in [0, 0.05) is 18.7 Å². The first kappa shape index (κ1) is 29.4. The lowest BCUT2D eigenvalue weighted by molar-refractivity contribution is -0.138. The molecule has 3 aromatic carbocycles. The second kappa shape index (κ2) is 12.0. The second-order valence-electron chi connectivity index (χ2n) is 10.1. The molecule has 0 bridgehead atoms. The molecule has 4 amide bonds. The van der Waals surface area contributed by atoms with Gasteiger partial charge in [-0.05, 0) is 41.5 Å². The lowest BCUT2D eigenvalue weighted by Gasteiger charge is -2.33. The average molecular weight is 591 g/mol. The van der Waals surface area contributed by atoms with Gasteiger partial charge in [0.15, 0.2) is 0 Å². The van der Waals surface area contributed by atoms with Crippen LogP contribution in [0.25, 0.3) is 0 Å². The van der Waals surface area contributed by atoms with Crippen molar-refractivity contribution in [2.75, 3.05) is 25.5 Å². The number of methoxy groups -OCH3 is 1. The number of benzene rings is 3. The van der Waals surface area contributed by atoms with Crippen LogP contribution in [0.2, 0.25) is 0 Å². The van der Waals surface area contributed by atoms with E-state index in [-0.39, 0.29) is 36.3 Å². The number of amides is 4. The minimum atomic E-state index is -4.73. The molecule has 0 spiro atoms. The third-order valence-electron chi connectivity index (χ3n) is 7.45. The van der Waals surface area contributed by atoms with E-state index in [9.17, 15) is 27.6 Å². The van der Waals surface area contributed by atoms with Crippen molar-refractivity contribution in [3.05, 3.63) is 119 Å². The first-order chi connectivity index (χ1) is 20.6. The van der Waals surface area contributed by atoms with E-state index in [1.807, 2.05) is 18.2 Å². The molecule has 8 nitrogen and oxygen atoms in total. The monoisotopic (exact) mass is 590 g/mol. The van der Waals surface area contributed by atoms with Gasteiger partial charge in [0.2, 0.25) is 5.91 Å². The highest BCUT2D eigenvalue weighted by atomic mass is 19.4. The molecule has 2 aliphatic heterocycles. The fourth-order valence-electron chi connectivity index (χ4n) is 5.41. The molecule has 2 N–H and O–H groups in total. The SMILES string of the molecule is C=CCN1C(=O)N[C@@H](c2ccccc2C(F)(F)F)C2=C1CN([C@@H](Cc1ccccc1)C(=O)Nc1ccc(OC)cc1)C2=O. The summed E-state index contributed by atoms with van der Waals surface area (Å²) in [5, 5.41) is 5.43. The van der Waals surface area contributed by atoms with Crippen molar-refractivity contribution in [1.82, 2.24) is 15.1 Å². The summed E-state index contributed by atoms with van der Waals surface area (Å²) in [5.74, 6) is -0.545. The molecule has 222 valence electrons. The molecule has 2 atom stereocenters. The van der Waals surface area contributed by atoms with Crippen molar-refractivity contribution >= 4 is 23.5 Å². The van der Waals surface area contributed by atoms with Crippen molar-refractivity contribution in [3.63, 3.8) is 0 Å². The van der Waals surface area contributed by atoms with Gasteiger partial charge in [-0.15, -0.1) is 6.58 Å². The summed E-state index contributed by atoms with van der Waals surface area (Å²) < 4.78 is 47.3. The lowest BCUT2D eigenvalue weighted by atomic mass is 9.91. The highest BCUT2D eigenvalue weighted by molar-refractivity contribution is 6.05. The van der Waals surface area contributed by atoms with E-state index in [4.69, 9.17) is 4.74 Å². The largest absolute Gasteiger partial charge is 0.497 e. The predicted molar refractivity (Wildman–Crippen MR) is 154 cm³/mol. The van der Waals surface area contributed by atoms with Gasteiger partial charge in [0.25, 0.3) is 5.91 Å². The van der Waals surface area contributed by atoms with Crippen LogP contribution in [0.3, 0.4) is 0 Å². The van der Waals surface area contributed by atoms with Crippen LogP contribution in [-0.4, -0.2) is 53.9 Å². The Morgan fingerprint density at radius 2 is 1.74 bits per heavy atom. The summed E-state index contributed by atoms with van der Waals surface area (Å²) in [4.78, 5) is 43.8. The van der Waals surface area contributed by atoms with Gasteiger partial charge in [0.05, 0.1) is 36.5 Å². The Balaban J connectivity index is 1.55. The van der Waals surface area contributed by atoms with Gasteiger partial charge < -0.3 is 20.3 Å². The zero-order chi connectivity index (χ0) is 30.7. The van der Waals surface area contributed by atoms with E-state index in [1.165, 1.54) is 41.2 Å². The van der Waals surface area contributed by atoms with E-state index < -0.39 is 41.7 Å². The van der Waals surface area contributed by atoms with Crippen LogP contribution in [0, 0.1) is 0 Å². The average Bonchev–Trinajstić information content (AvgIpc) is 3.34. The third kappa shape index (κ3) is 5.97. The molecule has 0 saturated carbocycles. The van der Waals surface area contributed by atoms with E-state index >= 15 is 0 Å². The van der Waals surface area contributed by atoms with Crippen LogP contribution in [0.1, 0.15) is 22.7 Å². The summed E-state index contributed by atoms with van der Waals surface area (Å²) >= 11 is 0. The van der Waals surface area contributed by atoms with Crippen molar-refractivity contribution in [1.29, 1.82) is 0 Å². The van der Waals surface area contributed by atoms with Crippen molar-refractivity contribution < 1.29 is 32.3 Å². The number of nitrogens with zero attached hydrogens (tertiary/aromatic N) is 2. The number of anilines is 1. The Morgan fingerprint density at radius 3 is 2.40 bits per heavy atom. The molecule has 0 aliphatic carbocycles. The lowest BCUT2D eigenvalue weighted by Crippen LogP contribution is -2.47. The molecule has 0 fully saturated rings. The third-order valence-corrected chi connectivity index (χ3v) is 7.45. The number of rotatable bonds is 9. The molecule has 2 heterocycles. The van der Waals surface area contributed by atoms with Gasteiger partial charge in [-0.3, -0.25) is 14.5 Å². The number of hydrogen-bond donors (Lipinski definition) is 2. The quantitative estimate of drug-likeness (QED) is 0.331. The number of ether oxygens (including phenoxy) is 1. The molecular formula is C32H29F3N4O4. The van der Waals surface area contributed by atoms with Gasteiger partial charge in [-0.1, -0.05) is 54.6 Å². The maximum absolute atomic E-state index is 14.2. The van der Waals surface area contributed by atoms with Crippen LogP contribution >= 0.6 is 0 Å². The van der Waals surface area contributed by atoms with Gasteiger partial charge in [-0.2, -0.15) is 13.2 Å². The van der Waals surface area contributed by atoms with Crippen LogP contribution in [-0.2, 0) is 22.2 Å². The Hall–Kier alpha value is -5.06. The Kier molecular flexibility index (Phi) is 8.24. The first-order valence-corrected chi connectivity index (χ1v) is 13.5. The highest BCUT2D eigenvalue weighted by Gasteiger charge is 2.48. The molecule has 5 rings (SSSR count). The number of alkyl halides is 3. The number of hydrogen-bond acceptors (Lipinski definition) is 4. The smallest absolute Gasteiger partial charge is 0.416 e. The zero-order valence-electron chi connectivity index (χ0n) is 23.2. The molecule has 0 unspecified atom stereocenters. The van der Waals surface area contributed by atoms with E-state index in [0.717, 1.165) is 11.6 Å². The van der Waals surface area contributed by atoms with Gasteiger partial charge >= 0.3 is 12.2 Å². The zero-order valence-corrected chi connectivity index (χ0v) is 23.2. The van der Waals surface area contributed by atoms with Crippen molar-refractivity contribution in [3.8, 4) is 5.75 Å². The van der Waals surface area contributed by atoms with E-state index in [0.29, 0.717) is 11.4 Å². The summed E-state index contributed by atoms with van der Waals surface area (Å²) in [6.45, 7) is 3.53. The van der Waals surface area contributed by atoms with E-state index in [1.54, 1.807) is 36.4 Å². The number of halogens is 3. The topological polar surface area (TPSA) is 91.0 Å². The Bertz CT molecular complexity index is 1570. The maximum Gasteiger partial charge on any atom is 0.416 e. The molecule has 0 aromatic heterocycles. The number of urea groups is 1. The normalized spacial score (nSPS) is 17.3.